The van der Waals surface area contributed by atoms with Crippen LogP contribution in [-0.4, -0.2) is 22.4 Å². The summed E-state index contributed by atoms with van der Waals surface area (Å²) in [4.78, 5) is 0. The fourth-order valence-corrected chi connectivity index (χ4v) is 1.66. The molecule has 2 nitrogen and oxygen atoms in total. The third-order valence-electron chi connectivity index (χ3n) is 2.76. The Kier molecular flexibility index (Phi) is 10.9. The van der Waals surface area contributed by atoms with Gasteiger partial charge in [0.2, 0.25) is 0 Å². The number of aliphatic hydroxyl groups excluding tert-OH is 2. The van der Waals surface area contributed by atoms with Crippen LogP contribution in [0.25, 0.3) is 0 Å². The summed E-state index contributed by atoms with van der Waals surface area (Å²) >= 11 is 0. The van der Waals surface area contributed by atoms with Gasteiger partial charge in [0, 0.05) is 0 Å². The first kappa shape index (κ1) is 15.7. The largest absolute Gasteiger partial charge is 0.389 e. The molecule has 2 heteroatoms. The molecule has 2 N–H and O–H groups in total. The summed E-state index contributed by atoms with van der Waals surface area (Å²) in [6.45, 7) is 4.30. The van der Waals surface area contributed by atoms with Crippen molar-refractivity contribution in [2.24, 2.45) is 0 Å². The van der Waals surface area contributed by atoms with Gasteiger partial charge < -0.3 is 10.2 Å². The minimum Gasteiger partial charge on any atom is -0.389 e. The highest BCUT2D eigenvalue weighted by atomic mass is 16.3. The molecular formula is C14H28O2. The van der Waals surface area contributed by atoms with Crippen LogP contribution >= 0.6 is 0 Å². The summed E-state index contributed by atoms with van der Waals surface area (Å²) < 4.78 is 0. The Labute approximate surface area is 100 Å². The molecular weight excluding hydrogens is 200 g/mol. The smallest absolute Gasteiger partial charge is 0.0721 e. The van der Waals surface area contributed by atoms with Gasteiger partial charge in [-0.05, 0) is 12.8 Å². The molecule has 0 spiro atoms. The van der Waals surface area contributed by atoms with Crippen molar-refractivity contribution in [2.45, 2.75) is 77.4 Å². The van der Waals surface area contributed by atoms with Crippen molar-refractivity contribution < 1.29 is 10.2 Å². The normalized spacial score (nSPS) is 15.5. The van der Waals surface area contributed by atoms with Crippen LogP contribution in [0.3, 0.4) is 0 Å². The van der Waals surface area contributed by atoms with Gasteiger partial charge in [0.05, 0.1) is 12.2 Å². The highest BCUT2D eigenvalue weighted by molar-refractivity contribution is 4.93. The maximum Gasteiger partial charge on any atom is 0.0721 e. The van der Waals surface area contributed by atoms with Gasteiger partial charge in [-0.3, -0.25) is 0 Å². The molecule has 0 amide bonds. The average molecular weight is 228 g/mol. The monoisotopic (exact) mass is 228 g/mol. The lowest BCUT2D eigenvalue weighted by Gasteiger charge is -2.07. The van der Waals surface area contributed by atoms with E-state index in [0.717, 1.165) is 25.7 Å². The Morgan fingerprint density at radius 2 is 1.12 bits per heavy atom. The van der Waals surface area contributed by atoms with E-state index in [0.29, 0.717) is 0 Å². The van der Waals surface area contributed by atoms with Crippen LogP contribution in [-0.2, 0) is 0 Å². The van der Waals surface area contributed by atoms with Gasteiger partial charge >= 0.3 is 0 Å². The van der Waals surface area contributed by atoms with Crippen molar-refractivity contribution in [1.29, 1.82) is 0 Å². The van der Waals surface area contributed by atoms with E-state index in [9.17, 15) is 10.2 Å². The van der Waals surface area contributed by atoms with Gasteiger partial charge in [-0.15, -0.1) is 0 Å². The van der Waals surface area contributed by atoms with Gasteiger partial charge in [0.1, 0.15) is 0 Å². The molecule has 0 aromatic rings. The molecule has 0 aliphatic heterocycles. The lowest BCUT2D eigenvalue weighted by Crippen LogP contribution is -2.06. The molecule has 0 radical (unpaired) electrons. The second-order valence-corrected chi connectivity index (χ2v) is 4.51. The number of hydrogen-bond acceptors (Lipinski definition) is 2. The molecule has 0 unspecified atom stereocenters. The van der Waals surface area contributed by atoms with Gasteiger partial charge in [0.15, 0.2) is 0 Å². The Balaban J connectivity index is 3.54. The summed E-state index contributed by atoms with van der Waals surface area (Å²) in [5, 5.41) is 19.2. The van der Waals surface area contributed by atoms with Crippen LogP contribution in [0.1, 0.15) is 65.2 Å². The van der Waals surface area contributed by atoms with Crippen molar-refractivity contribution in [2.75, 3.05) is 0 Å². The summed E-state index contributed by atoms with van der Waals surface area (Å²) in [5.74, 6) is 0. The summed E-state index contributed by atoms with van der Waals surface area (Å²) in [5.41, 5.74) is 0. The van der Waals surface area contributed by atoms with Gasteiger partial charge in [-0.1, -0.05) is 64.5 Å². The van der Waals surface area contributed by atoms with E-state index < -0.39 is 0 Å². The van der Waals surface area contributed by atoms with E-state index >= 15 is 0 Å². The third-order valence-corrected chi connectivity index (χ3v) is 2.76. The van der Waals surface area contributed by atoms with Crippen molar-refractivity contribution in [1.82, 2.24) is 0 Å². The van der Waals surface area contributed by atoms with Gasteiger partial charge in [-0.25, -0.2) is 0 Å². The highest BCUT2D eigenvalue weighted by Gasteiger charge is 2.01. The SMILES string of the molecule is CCCCC[C@H](O)/C=C/[C@@H](O)CCCCC. The minimum atomic E-state index is -0.382. The third kappa shape index (κ3) is 10.2. The first-order valence-corrected chi connectivity index (χ1v) is 6.75. The average Bonchev–Trinajstić information content (AvgIpc) is 2.27. The number of aliphatic hydroxyl groups is 2. The Bertz CT molecular complexity index is 148. The van der Waals surface area contributed by atoms with E-state index in [2.05, 4.69) is 13.8 Å². The topological polar surface area (TPSA) is 40.5 Å². The predicted molar refractivity (Wildman–Crippen MR) is 69.4 cm³/mol. The van der Waals surface area contributed by atoms with E-state index in [-0.39, 0.29) is 12.2 Å². The fourth-order valence-electron chi connectivity index (χ4n) is 1.66. The van der Waals surface area contributed by atoms with Crippen molar-refractivity contribution >= 4 is 0 Å². The minimum absolute atomic E-state index is 0.382. The Morgan fingerprint density at radius 3 is 1.44 bits per heavy atom. The Hall–Kier alpha value is -0.340. The molecule has 0 fully saturated rings. The van der Waals surface area contributed by atoms with Crippen molar-refractivity contribution in [3.05, 3.63) is 12.2 Å². The van der Waals surface area contributed by atoms with Gasteiger partial charge in [0.25, 0.3) is 0 Å². The van der Waals surface area contributed by atoms with Crippen molar-refractivity contribution in [3.63, 3.8) is 0 Å². The van der Waals surface area contributed by atoms with Crippen LogP contribution in [0.2, 0.25) is 0 Å². The molecule has 0 aromatic heterocycles. The standard InChI is InChI=1S/C14H28O2/c1-3-5-7-9-13(15)11-12-14(16)10-8-6-4-2/h11-16H,3-10H2,1-2H3/b12-11+/t13-,14-/m0/s1. The second kappa shape index (κ2) is 11.2. The molecule has 16 heavy (non-hydrogen) atoms. The highest BCUT2D eigenvalue weighted by Crippen LogP contribution is 2.07. The quantitative estimate of drug-likeness (QED) is 0.444. The zero-order valence-corrected chi connectivity index (χ0v) is 10.9. The lowest BCUT2D eigenvalue weighted by molar-refractivity contribution is 0.192. The van der Waals surface area contributed by atoms with E-state index in [1.54, 1.807) is 12.2 Å². The molecule has 0 saturated carbocycles. The number of unbranched alkanes of at least 4 members (excludes halogenated alkanes) is 4. The van der Waals surface area contributed by atoms with Crippen LogP contribution < -0.4 is 0 Å². The molecule has 0 aromatic carbocycles. The zero-order valence-electron chi connectivity index (χ0n) is 10.9. The second-order valence-electron chi connectivity index (χ2n) is 4.51. The van der Waals surface area contributed by atoms with E-state index in [4.69, 9.17) is 0 Å². The number of rotatable bonds is 10. The van der Waals surface area contributed by atoms with E-state index in [1.165, 1.54) is 25.7 Å². The summed E-state index contributed by atoms with van der Waals surface area (Å²) in [7, 11) is 0. The van der Waals surface area contributed by atoms with Crippen LogP contribution in [0.4, 0.5) is 0 Å². The molecule has 0 aliphatic carbocycles. The summed E-state index contributed by atoms with van der Waals surface area (Å²) in [6.07, 6.45) is 11.2. The van der Waals surface area contributed by atoms with Crippen LogP contribution in [0, 0.1) is 0 Å². The molecule has 0 bridgehead atoms. The molecule has 2 atom stereocenters. The predicted octanol–water partition coefficient (Wildman–Crippen LogP) is 3.43. The van der Waals surface area contributed by atoms with Crippen LogP contribution in [0.15, 0.2) is 12.2 Å². The first-order valence-electron chi connectivity index (χ1n) is 6.75. The van der Waals surface area contributed by atoms with E-state index in [1.807, 2.05) is 0 Å². The molecule has 96 valence electrons. The molecule has 0 heterocycles. The molecule has 0 saturated heterocycles. The molecule has 0 aliphatic rings. The first-order chi connectivity index (χ1) is 7.70. The zero-order chi connectivity index (χ0) is 12.2. The number of hydrogen-bond donors (Lipinski definition) is 2. The van der Waals surface area contributed by atoms with Crippen molar-refractivity contribution in [3.8, 4) is 0 Å². The van der Waals surface area contributed by atoms with Gasteiger partial charge in [-0.2, -0.15) is 0 Å². The fraction of sp³-hybridized carbons (Fsp3) is 0.857. The maximum atomic E-state index is 9.60. The Morgan fingerprint density at radius 1 is 0.750 bits per heavy atom. The lowest BCUT2D eigenvalue weighted by atomic mass is 10.1. The molecule has 0 rings (SSSR count). The van der Waals surface area contributed by atoms with Crippen LogP contribution in [0.5, 0.6) is 0 Å². The maximum absolute atomic E-state index is 9.60. The summed E-state index contributed by atoms with van der Waals surface area (Å²) in [6, 6.07) is 0.